The van der Waals surface area contributed by atoms with Crippen molar-refractivity contribution in [3.63, 3.8) is 0 Å². The molecule has 0 bridgehead atoms. The number of thiazole rings is 1. The minimum atomic E-state index is -5.36. The monoisotopic (exact) mass is 674 g/mol. The molecule has 0 unspecified atom stereocenters. The van der Waals surface area contributed by atoms with E-state index in [2.05, 4.69) is 15.3 Å². The van der Waals surface area contributed by atoms with Crippen LogP contribution in [0.15, 0.2) is 54.7 Å². The van der Waals surface area contributed by atoms with Crippen LogP contribution in [-0.4, -0.2) is 59.4 Å². The molecule has 1 aliphatic carbocycles. The third-order valence-electron chi connectivity index (χ3n) is 7.20. The molecule has 5 rings (SSSR count). The molecular formula is C32H30F4N4O6S. The number of carbonyl (C=O) groups excluding carboxylic acids is 2. The fourth-order valence-electron chi connectivity index (χ4n) is 4.68. The van der Waals surface area contributed by atoms with Gasteiger partial charge in [-0.1, -0.05) is 11.3 Å². The molecule has 0 spiro atoms. The first-order valence-corrected chi connectivity index (χ1v) is 15.2. The molecule has 1 aliphatic rings. The molecule has 2 aromatic carbocycles. The molecule has 1 saturated carbocycles. The summed E-state index contributed by atoms with van der Waals surface area (Å²) in [6.07, 6.45) is -2.77. The molecule has 0 aliphatic heterocycles. The van der Waals surface area contributed by atoms with Gasteiger partial charge in [0.15, 0.2) is 0 Å². The number of rotatable bonds is 13. The minimum absolute atomic E-state index is 0.0218. The van der Waals surface area contributed by atoms with Gasteiger partial charge in [-0.3, -0.25) is 9.59 Å². The third kappa shape index (κ3) is 7.46. The molecule has 0 saturated heterocycles. The Morgan fingerprint density at radius 3 is 2.45 bits per heavy atom. The van der Waals surface area contributed by atoms with Crippen LogP contribution < -0.4 is 25.3 Å². The summed E-state index contributed by atoms with van der Waals surface area (Å²) in [5.74, 6) is -2.15. The van der Waals surface area contributed by atoms with Crippen molar-refractivity contribution >= 4 is 23.2 Å². The second-order valence-electron chi connectivity index (χ2n) is 10.7. The Morgan fingerprint density at radius 1 is 1.13 bits per heavy atom. The van der Waals surface area contributed by atoms with E-state index >= 15 is 0 Å². The SMILES string of the molecule is CCOc1c(CC(N)=O)cc([C@@](O)(CNC(=O)c2ccc(-c3cnc(OC)s3)c(OC3CC3)c2)C(F)(F)F)nc1-c1ccc(F)cc1. The van der Waals surface area contributed by atoms with Crippen LogP contribution in [0.1, 0.15) is 41.4 Å². The minimum Gasteiger partial charge on any atom is -0.491 e. The van der Waals surface area contributed by atoms with E-state index < -0.39 is 48.1 Å². The highest BCUT2D eigenvalue weighted by molar-refractivity contribution is 7.16. The number of alkyl halides is 3. The van der Waals surface area contributed by atoms with Gasteiger partial charge in [0.2, 0.25) is 11.5 Å². The van der Waals surface area contributed by atoms with Crippen LogP contribution in [0, 0.1) is 5.82 Å². The van der Waals surface area contributed by atoms with Gasteiger partial charge in [0.05, 0.1) is 43.4 Å². The van der Waals surface area contributed by atoms with Crippen molar-refractivity contribution < 1.29 is 46.5 Å². The van der Waals surface area contributed by atoms with E-state index in [1.54, 1.807) is 19.2 Å². The van der Waals surface area contributed by atoms with Crippen molar-refractivity contribution in [3.05, 3.63) is 77.4 Å². The number of primary amides is 1. The summed E-state index contributed by atoms with van der Waals surface area (Å²) in [7, 11) is 1.48. The largest absolute Gasteiger partial charge is 0.491 e. The van der Waals surface area contributed by atoms with Gasteiger partial charge in [-0.15, -0.1) is 0 Å². The number of aliphatic hydroxyl groups is 1. The predicted molar refractivity (Wildman–Crippen MR) is 164 cm³/mol. The van der Waals surface area contributed by atoms with E-state index in [9.17, 15) is 32.3 Å². The van der Waals surface area contributed by atoms with E-state index in [1.807, 2.05) is 0 Å². The number of hydrogen-bond donors (Lipinski definition) is 3. The van der Waals surface area contributed by atoms with Crippen LogP contribution >= 0.6 is 11.3 Å². The number of hydrogen-bond acceptors (Lipinski definition) is 9. The molecular weight excluding hydrogens is 644 g/mol. The number of pyridine rings is 1. The second kappa shape index (κ2) is 13.5. The average Bonchev–Trinajstić information content (AvgIpc) is 3.72. The van der Waals surface area contributed by atoms with Crippen LogP contribution in [0.3, 0.4) is 0 Å². The second-order valence-corrected chi connectivity index (χ2v) is 11.7. The number of nitrogens with two attached hydrogens (primary N) is 1. The molecule has 248 valence electrons. The Bertz CT molecular complexity index is 1780. The molecule has 10 nitrogen and oxygen atoms in total. The maximum atomic E-state index is 14.7. The van der Waals surface area contributed by atoms with Crippen LogP contribution in [0.2, 0.25) is 0 Å². The molecule has 15 heteroatoms. The number of nitrogens with one attached hydrogen (secondary N) is 1. The van der Waals surface area contributed by atoms with Gasteiger partial charge in [-0.2, -0.15) is 13.2 Å². The molecule has 2 heterocycles. The topological polar surface area (TPSA) is 146 Å². The fourth-order valence-corrected chi connectivity index (χ4v) is 5.44. The van der Waals surface area contributed by atoms with Gasteiger partial charge < -0.3 is 30.4 Å². The number of benzene rings is 2. The first-order valence-electron chi connectivity index (χ1n) is 14.4. The van der Waals surface area contributed by atoms with Crippen LogP contribution in [0.5, 0.6) is 16.7 Å². The van der Waals surface area contributed by atoms with E-state index in [1.165, 1.54) is 42.7 Å². The van der Waals surface area contributed by atoms with Crippen LogP contribution in [-0.2, 0) is 16.8 Å². The number of halogens is 4. The first-order chi connectivity index (χ1) is 22.3. The zero-order valence-corrected chi connectivity index (χ0v) is 26.0. The predicted octanol–water partition coefficient (Wildman–Crippen LogP) is 5.17. The smallest absolute Gasteiger partial charge is 0.424 e. The van der Waals surface area contributed by atoms with Crippen molar-refractivity contribution in [2.45, 2.75) is 44.1 Å². The maximum Gasteiger partial charge on any atom is 0.424 e. The Balaban J connectivity index is 1.51. The first kappa shape index (κ1) is 33.6. The van der Waals surface area contributed by atoms with Gasteiger partial charge in [0, 0.05) is 28.5 Å². The normalized spacial score (nSPS) is 14.3. The van der Waals surface area contributed by atoms with Crippen LogP contribution in [0.4, 0.5) is 17.6 Å². The summed E-state index contributed by atoms with van der Waals surface area (Å²) in [4.78, 5) is 34.1. The number of aromatic nitrogens is 2. The lowest BCUT2D eigenvalue weighted by Crippen LogP contribution is -2.51. The van der Waals surface area contributed by atoms with Crippen molar-refractivity contribution in [2.24, 2.45) is 5.73 Å². The number of carbonyl (C=O) groups is 2. The van der Waals surface area contributed by atoms with E-state index in [0.29, 0.717) is 21.4 Å². The zero-order valence-electron chi connectivity index (χ0n) is 25.2. The highest BCUT2D eigenvalue weighted by Gasteiger charge is 2.56. The van der Waals surface area contributed by atoms with Crippen molar-refractivity contribution in [2.75, 3.05) is 20.3 Å². The lowest BCUT2D eigenvalue weighted by molar-refractivity contribution is -0.265. The standard InChI is InChI=1S/C32H30F4N4O6S/c1-3-45-28-19(14-26(37)41)13-25(40-27(28)17-4-7-20(33)8-5-17)31(43,32(34,35)36)16-39-29(42)18-6-11-22(23(12-18)46-21-9-10-21)24-15-38-30(44-2)47-24/h4-8,11-13,15,21,43H,3,9-10,14,16H2,1-2H3,(H2,37,41)(H,39,42)/t31-/m0/s1. The number of amides is 2. The number of ether oxygens (including phenoxy) is 3. The van der Waals surface area contributed by atoms with Gasteiger partial charge >= 0.3 is 6.18 Å². The zero-order chi connectivity index (χ0) is 33.9. The summed E-state index contributed by atoms with van der Waals surface area (Å²) in [6.45, 7) is 0.309. The van der Waals surface area contributed by atoms with E-state index in [0.717, 1.165) is 31.0 Å². The van der Waals surface area contributed by atoms with Crippen molar-refractivity contribution in [3.8, 4) is 38.4 Å². The third-order valence-corrected chi connectivity index (χ3v) is 8.20. The average molecular weight is 675 g/mol. The van der Waals surface area contributed by atoms with Crippen LogP contribution in [0.25, 0.3) is 21.7 Å². The Kier molecular flexibility index (Phi) is 9.68. The number of methoxy groups -OCH3 is 1. The maximum absolute atomic E-state index is 14.7. The molecule has 1 fully saturated rings. The number of nitrogens with zero attached hydrogens (tertiary/aromatic N) is 2. The highest BCUT2D eigenvalue weighted by Crippen LogP contribution is 2.43. The Labute approximate surface area is 270 Å². The Morgan fingerprint density at radius 2 is 1.85 bits per heavy atom. The fraction of sp³-hybridized carbons (Fsp3) is 0.312. The van der Waals surface area contributed by atoms with E-state index in [-0.39, 0.29) is 40.8 Å². The molecule has 2 amide bonds. The molecule has 0 radical (unpaired) electrons. The van der Waals surface area contributed by atoms with Gasteiger partial charge in [-0.25, -0.2) is 14.4 Å². The molecule has 1 atom stereocenters. The van der Waals surface area contributed by atoms with Gasteiger partial charge in [0.25, 0.3) is 11.1 Å². The Hall–Kier alpha value is -4.76. The van der Waals surface area contributed by atoms with Crippen molar-refractivity contribution in [1.29, 1.82) is 0 Å². The highest BCUT2D eigenvalue weighted by atomic mass is 32.1. The molecule has 4 N–H and O–H groups in total. The summed E-state index contributed by atoms with van der Waals surface area (Å²) in [5.41, 5.74) is 1.19. The summed E-state index contributed by atoms with van der Waals surface area (Å²) < 4.78 is 74.6. The lowest BCUT2D eigenvalue weighted by atomic mass is 9.93. The van der Waals surface area contributed by atoms with Gasteiger partial charge in [-0.05, 0) is 68.3 Å². The van der Waals surface area contributed by atoms with E-state index in [4.69, 9.17) is 19.9 Å². The summed E-state index contributed by atoms with van der Waals surface area (Å²) >= 11 is 1.25. The summed E-state index contributed by atoms with van der Waals surface area (Å²) in [5, 5.41) is 13.8. The molecule has 4 aromatic rings. The van der Waals surface area contributed by atoms with Crippen molar-refractivity contribution in [1.82, 2.24) is 15.3 Å². The molecule has 2 aromatic heterocycles. The quantitative estimate of drug-likeness (QED) is 0.165. The lowest BCUT2D eigenvalue weighted by Gasteiger charge is -2.31. The van der Waals surface area contributed by atoms with Gasteiger partial charge in [0.1, 0.15) is 23.0 Å². The summed E-state index contributed by atoms with van der Waals surface area (Å²) in [6, 6.07) is 9.95. The molecule has 47 heavy (non-hydrogen) atoms.